The lowest BCUT2D eigenvalue weighted by Crippen LogP contribution is -2.48. The number of nitrogens with one attached hydrogen (secondary N) is 1. The fourth-order valence-corrected chi connectivity index (χ4v) is 5.62. The van der Waals surface area contributed by atoms with Gasteiger partial charge < -0.3 is 9.62 Å². The van der Waals surface area contributed by atoms with Gasteiger partial charge in [0.25, 0.3) is 5.91 Å². The highest BCUT2D eigenvalue weighted by atomic mass is 35.5. The van der Waals surface area contributed by atoms with Gasteiger partial charge in [-0.2, -0.15) is 0 Å². The Hall–Kier alpha value is -2.84. The topological polar surface area (TPSA) is 48.5 Å². The Bertz CT molecular complexity index is 1390. The molecule has 1 aromatic heterocycles. The van der Waals surface area contributed by atoms with E-state index in [2.05, 4.69) is 14.6 Å². The van der Waals surface area contributed by atoms with Gasteiger partial charge in [-0.15, -0.1) is 0 Å². The third-order valence-corrected chi connectivity index (χ3v) is 7.38. The van der Waals surface area contributed by atoms with E-state index < -0.39 is 5.82 Å². The Kier molecular flexibility index (Phi) is 7.62. The summed E-state index contributed by atoms with van der Waals surface area (Å²) in [5.74, 6) is -0.644. The van der Waals surface area contributed by atoms with Crippen LogP contribution in [-0.4, -0.2) is 46.9 Å². The van der Waals surface area contributed by atoms with Crippen LogP contribution in [-0.2, 0) is 6.54 Å². The number of halogens is 3. The number of amides is 1. The minimum Gasteiger partial charge on any atom is -0.336 e. The molecule has 2 heterocycles. The van der Waals surface area contributed by atoms with Gasteiger partial charge >= 0.3 is 0 Å². The van der Waals surface area contributed by atoms with Gasteiger partial charge in [0.15, 0.2) is 0 Å². The third-order valence-electron chi connectivity index (χ3n) is 6.07. The number of benzene rings is 3. The van der Waals surface area contributed by atoms with Gasteiger partial charge in [0.1, 0.15) is 5.82 Å². The van der Waals surface area contributed by atoms with E-state index in [1.807, 2.05) is 42.5 Å². The maximum Gasteiger partial charge on any atom is 0.254 e. The number of hydrogen-bond donors (Lipinski definition) is 1. The fourth-order valence-electron chi connectivity index (χ4n) is 4.25. The number of carbonyl (C=O) groups excluding carboxylic acids is 1. The molecule has 1 amide bonds. The number of fused-ring (bicyclic) bond motifs is 1. The molecule has 4 aromatic rings. The van der Waals surface area contributed by atoms with E-state index in [1.54, 1.807) is 29.3 Å². The average Bonchev–Trinajstić information content (AvgIpc) is 2.87. The first-order valence-corrected chi connectivity index (χ1v) is 13.1. The van der Waals surface area contributed by atoms with Gasteiger partial charge in [-0.05, 0) is 66.0 Å². The summed E-state index contributed by atoms with van der Waals surface area (Å²) in [6.07, 6.45) is 1.74. The van der Waals surface area contributed by atoms with E-state index in [0.717, 1.165) is 21.4 Å². The predicted molar refractivity (Wildman–Crippen MR) is 145 cm³/mol. The highest BCUT2D eigenvalue weighted by molar-refractivity contribution is 8.00. The lowest BCUT2D eigenvalue weighted by molar-refractivity contribution is 0.0628. The maximum atomic E-state index is 14.9. The second-order valence-electron chi connectivity index (χ2n) is 8.58. The molecular weight excluding hydrogens is 518 g/mol. The van der Waals surface area contributed by atoms with Crippen molar-refractivity contribution in [3.63, 3.8) is 0 Å². The van der Waals surface area contributed by atoms with Crippen LogP contribution >= 0.6 is 35.1 Å². The second kappa shape index (κ2) is 11.0. The average molecular weight is 541 g/mol. The number of anilines is 1. The summed E-state index contributed by atoms with van der Waals surface area (Å²) >= 11 is 13.5. The van der Waals surface area contributed by atoms with Crippen LogP contribution in [0.1, 0.15) is 15.9 Å². The number of rotatable bonds is 6. The molecule has 1 fully saturated rings. The lowest BCUT2D eigenvalue weighted by atomic mass is 10.1. The van der Waals surface area contributed by atoms with Gasteiger partial charge in [-0.1, -0.05) is 41.4 Å². The number of hydrogen-bond acceptors (Lipinski definition) is 5. The molecule has 3 aromatic carbocycles. The van der Waals surface area contributed by atoms with Gasteiger partial charge in [0.05, 0.1) is 16.1 Å². The fraction of sp³-hybridized carbons (Fsp3) is 0.185. The monoisotopic (exact) mass is 540 g/mol. The minimum absolute atomic E-state index is 0.170. The van der Waals surface area contributed by atoms with Crippen molar-refractivity contribution >= 4 is 57.6 Å². The van der Waals surface area contributed by atoms with Crippen LogP contribution < -0.4 is 4.72 Å². The normalized spacial score (nSPS) is 14.2. The van der Waals surface area contributed by atoms with E-state index >= 15 is 0 Å². The molecular formula is C27H23Cl2FN4OS. The summed E-state index contributed by atoms with van der Waals surface area (Å²) < 4.78 is 17.9. The van der Waals surface area contributed by atoms with Crippen LogP contribution in [0.25, 0.3) is 10.9 Å². The van der Waals surface area contributed by atoms with Crippen molar-refractivity contribution in [1.82, 2.24) is 14.8 Å². The zero-order chi connectivity index (χ0) is 25.1. The molecule has 1 N–H and O–H groups in total. The van der Waals surface area contributed by atoms with Crippen molar-refractivity contribution in [2.24, 2.45) is 0 Å². The Balaban J connectivity index is 1.18. The van der Waals surface area contributed by atoms with Crippen molar-refractivity contribution < 1.29 is 9.18 Å². The zero-order valence-electron chi connectivity index (χ0n) is 19.3. The molecule has 0 saturated carbocycles. The Morgan fingerprint density at radius 3 is 2.47 bits per heavy atom. The maximum absolute atomic E-state index is 14.9. The van der Waals surface area contributed by atoms with Crippen LogP contribution in [0, 0.1) is 5.82 Å². The Labute approximate surface area is 223 Å². The van der Waals surface area contributed by atoms with Crippen LogP contribution in [0.5, 0.6) is 0 Å². The largest absolute Gasteiger partial charge is 0.336 e. The first-order chi connectivity index (χ1) is 17.5. The van der Waals surface area contributed by atoms with Gasteiger partial charge in [-0.25, -0.2) is 4.39 Å². The first-order valence-electron chi connectivity index (χ1n) is 11.5. The van der Waals surface area contributed by atoms with Crippen LogP contribution in [0.4, 0.5) is 10.1 Å². The molecule has 5 rings (SSSR count). The second-order valence-corrected chi connectivity index (χ2v) is 10.3. The number of para-hydroxylation sites is 1. The molecule has 9 heteroatoms. The SMILES string of the molecule is O=C(c1ccc(NSc2cccc3cccnc23)c(F)c1)N1CCN(Cc2cc(Cl)cc(Cl)c2)CC1. The van der Waals surface area contributed by atoms with E-state index in [0.29, 0.717) is 54.0 Å². The molecule has 1 aliphatic rings. The van der Waals surface area contributed by atoms with Gasteiger partial charge in [0, 0.05) is 59.9 Å². The van der Waals surface area contributed by atoms with Crippen molar-refractivity contribution in [3.05, 3.63) is 99.9 Å². The highest BCUT2D eigenvalue weighted by Crippen LogP contribution is 2.29. The number of pyridine rings is 1. The number of aromatic nitrogens is 1. The molecule has 1 aliphatic heterocycles. The van der Waals surface area contributed by atoms with E-state index in [1.165, 1.54) is 18.0 Å². The van der Waals surface area contributed by atoms with Crippen LogP contribution in [0.3, 0.4) is 0 Å². The van der Waals surface area contributed by atoms with E-state index in [4.69, 9.17) is 23.2 Å². The van der Waals surface area contributed by atoms with Crippen molar-refractivity contribution in [1.29, 1.82) is 0 Å². The molecule has 5 nitrogen and oxygen atoms in total. The first kappa shape index (κ1) is 24.8. The van der Waals surface area contributed by atoms with Crippen molar-refractivity contribution in [3.8, 4) is 0 Å². The molecule has 36 heavy (non-hydrogen) atoms. The molecule has 1 saturated heterocycles. The third kappa shape index (κ3) is 5.76. The number of piperazine rings is 1. The molecule has 0 atom stereocenters. The van der Waals surface area contributed by atoms with E-state index in [9.17, 15) is 9.18 Å². The molecule has 184 valence electrons. The summed E-state index contributed by atoms with van der Waals surface area (Å²) in [5, 5.41) is 2.24. The zero-order valence-corrected chi connectivity index (χ0v) is 21.6. The molecule has 0 aliphatic carbocycles. The summed E-state index contributed by atoms with van der Waals surface area (Å²) in [5.41, 5.74) is 2.54. The minimum atomic E-state index is -0.474. The van der Waals surface area contributed by atoms with Crippen LogP contribution in [0.15, 0.2) is 77.8 Å². The standard InChI is InChI=1S/C27H23Cl2FN4OS/c28-21-13-18(14-22(29)16-21)17-33-9-11-34(12-10-33)27(35)20-6-7-24(23(30)15-20)32-36-25-5-1-3-19-4-2-8-31-26(19)25/h1-8,13-16,32H,9-12,17H2. The smallest absolute Gasteiger partial charge is 0.254 e. The summed E-state index contributed by atoms with van der Waals surface area (Å²) in [7, 11) is 0. The summed E-state index contributed by atoms with van der Waals surface area (Å²) in [6, 6.07) is 19.8. The summed E-state index contributed by atoms with van der Waals surface area (Å²) in [6.45, 7) is 3.28. The molecule has 0 radical (unpaired) electrons. The number of carbonyl (C=O) groups is 1. The Morgan fingerprint density at radius 1 is 0.972 bits per heavy atom. The van der Waals surface area contributed by atoms with Gasteiger partial charge in [0.2, 0.25) is 0 Å². The molecule has 0 spiro atoms. The van der Waals surface area contributed by atoms with Crippen molar-refractivity contribution in [2.75, 3.05) is 30.9 Å². The summed E-state index contributed by atoms with van der Waals surface area (Å²) in [4.78, 5) is 22.3. The van der Waals surface area contributed by atoms with Crippen LogP contribution in [0.2, 0.25) is 10.0 Å². The molecule has 0 bridgehead atoms. The molecule has 0 unspecified atom stereocenters. The quantitative estimate of drug-likeness (QED) is 0.274. The predicted octanol–water partition coefficient (Wildman–Crippen LogP) is 6.76. The highest BCUT2D eigenvalue weighted by Gasteiger charge is 2.23. The van der Waals surface area contributed by atoms with Crippen molar-refractivity contribution in [2.45, 2.75) is 11.4 Å². The van der Waals surface area contributed by atoms with Gasteiger partial charge in [-0.3, -0.25) is 14.7 Å². The number of nitrogens with zero attached hydrogens (tertiary/aromatic N) is 3. The lowest BCUT2D eigenvalue weighted by Gasteiger charge is -2.35. The van der Waals surface area contributed by atoms with E-state index in [-0.39, 0.29) is 5.91 Å². The Morgan fingerprint density at radius 2 is 1.72 bits per heavy atom.